The number of anilines is 1. The van der Waals surface area contributed by atoms with Crippen LogP contribution in [0, 0.1) is 24.0 Å². The highest BCUT2D eigenvalue weighted by atomic mass is 32.2. The van der Waals surface area contributed by atoms with Crippen LogP contribution in [0.15, 0.2) is 83.0 Å². The summed E-state index contributed by atoms with van der Waals surface area (Å²) >= 11 is 0. The zero-order valence-corrected chi connectivity index (χ0v) is 19.0. The number of carbonyl (C=O) groups is 2. The van der Waals surface area contributed by atoms with E-state index in [4.69, 9.17) is 0 Å². The molecule has 0 aromatic heterocycles. The molecule has 4 rings (SSSR count). The smallest absolute Gasteiger partial charge is 0.281 e. The monoisotopic (exact) mass is 477 g/mol. The Balaban J connectivity index is 1.91. The van der Waals surface area contributed by atoms with Crippen molar-refractivity contribution >= 4 is 33.0 Å². The number of allylic oxidation sites excluding steroid dienone is 2. The Labute approximate surface area is 195 Å². The van der Waals surface area contributed by atoms with Gasteiger partial charge in [-0.3, -0.25) is 24.4 Å². The number of sulfonamides is 1. The van der Waals surface area contributed by atoms with Gasteiger partial charge in [-0.25, -0.2) is 8.42 Å². The van der Waals surface area contributed by atoms with Crippen LogP contribution in [-0.4, -0.2) is 24.9 Å². The van der Waals surface area contributed by atoms with Gasteiger partial charge in [0.15, 0.2) is 0 Å². The molecule has 172 valence electrons. The molecule has 0 aliphatic heterocycles. The molecule has 3 aromatic rings. The molecule has 1 aliphatic rings. The Kier molecular flexibility index (Phi) is 5.76. The number of carbonyl (C=O) groups excluding carboxylic acids is 2. The lowest BCUT2D eigenvalue weighted by molar-refractivity contribution is -0.385. The van der Waals surface area contributed by atoms with E-state index in [2.05, 4.69) is 10.0 Å². The van der Waals surface area contributed by atoms with Gasteiger partial charge < -0.3 is 5.32 Å². The van der Waals surface area contributed by atoms with Crippen molar-refractivity contribution in [2.45, 2.75) is 18.7 Å². The first-order valence-corrected chi connectivity index (χ1v) is 11.6. The van der Waals surface area contributed by atoms with Gasteiger partial charge in [0.05, 0.1) is 9.82 Å². The van der Waals surface area contributed by atoms with Gasteiger partial charge in [-0.05, 0) is 55.3 Å². The summed E-state index contributed by atoms with van der Waals surface area (Å²) in [5, 5.41) is 14.4. The number of nitro groups is 1. The van der Waals surface area contributed by atoms with Gasteiger partial charge in [0.2, 0.25) is 11.6 Å². The highest BCUT2D eigenvalue weighted by Gasteiger charge is 2.39. The first-order valence-electron chi connectivity index (χ1n) is 10.1. The van der Waals surface area contributed by atoms with E-state index in [-0.39, 0.29) is 10.5 Å². The standard InChI is InChI=1S/C24H19N3O6S/c1-14-11-15(2)13-16(12-14)25-21-22(26-34(32,33)17-7-4-3-5-8-17)23(28)18-9-6-10-19(27(30)31)20(18)24(21)29/h3-13,25-26H,1-2H3. The maximum atomic E-state index is 13.5. The van der Waals surface area contributed by atoms with Crippen LogP contribution in [0.3, 0.4) is 0 Å². The van der Waals surface area contributed by atoms with E-state index < -0.39 is 49.2 Å². The van der Waals surface area contributed by atoms with Crippen molar-refractivity contribution in [2.24, 2.45) is 0 Å². The van der Waals surface area contributed by atoms with Crippen LogP contribution in [0.25, 0.3) is 0 Å². The molecule has 0 fully saturated rings. The average molecular weight is 477 g/mol. The highest BCUT2D eigenvalue weighted by molar-refractivity contribution is 7.89. The number of fused-ring (bicyclic) bond motifs is 1. The Morgan fingerprint density at radius 3 is 2.09 bits per heavy atom. The van der Waals surface area contributed by atoms with Crippen LogP contribution in [0.1, 0.15) is 31.8 Å². The van der Waals surface area contributed by atoms with Crippen molar-refractivity contribution < 1.29 is 22.9 Å². The van der Waals surface area contributed by atoms with Crippen LogP contribution in [0.2, 0.25) is 0 Å². The van der Waals surface area contributed by atoms with Crippen molar-refractivity contribution in [1.82, 2.24) is 4.72 Å². The van der Waals surface area contributed by atoms with Crippen LogP contribution in [0.4, 0.5) is 11.4 Å². The van der Waals surface area contributed by atoms with E-state index in [0.717, 1.165) is 17.2 Å². The maximum Gasteiger partial charge on any atom is 0.281 e. The van der Waals surface area contributed by atoms with Crippen molar-refractivity contribution in [2.75, 3.05) is 5.32 Å². The van der Waals surface area contributed by atoms with Crippen LogP contribution in [-0.2, 0) is 10.0 Å². The summed E-state index contributed by atoms with van der Waals surface area (Å²) in [5.74, 6) is -1.73. The third-order valence-corrected chi connectivity index (χ3v) is 6.56. The van der Waals surface area contributed by atoms with E-state index in [1.54, 1.807) is 18.2 Å². The summed E-state index contributed by atoms with van der Waals surface area (Å²) in [5.41, 5.74) is 0.0406. The van der Waals surface area contributed by atoms with Gasteiger partial charge in [-0.2, -0.15) is 0 Å². The van der Waals surface area contributed by atoms with E-state index in [9.17, 15) is 28.1 Å². The molecule has 0 radical (unpaired) electrons. The first kappa shape index (κ1) is 22.9. The number of hydrogen-bond acceptors (Lipinski definition) is 7. The van der Waals surface area contributed by atoms with Gasteiger partial charge in [-0.15, -0.1) is 0 Å². The molecule has 1 aliphatic carbocycles. The summed E-state index contributed by atoms with van der Waals surface area (Å²) in [7, 11) is -4.24. The van der Waals surface area contributed by atoms with Crippen LogP contribution < -0.4 is 10.0 Å². The molecule has 0 amide bonds. The van der Waals surface area contributed by atoms with E-state index in [1.165, 1.54) is 36.4 Å². The third-order valence-electron chi connectivity index (χ3n) is 5.20. The minimum Gasteiger partial charge on any atom is -0.350 e. The Bertz CT molecular complexity index is 1470. The highest BCUT2D eigenvalue weighted by Crippen LogP contribution is 2.33. The molecular formula is C24H19N3O6S. The molecule has 0 unspecified atom stereocenters. The van der Waals surface area contributed by atoms with E-state index in [0.29, 0.717) is 5.69 Å². The lowest BCUT2D eigenvalue weighted by atomic mass is 9.89. The molecule has 2 N–H and O–H groups in total. The second-order valence-corrected chi connectivity index (χ2v) is 9.47. The molecule has 9 nitrogen and oxygen atoms in total. The fraction of sp³-hybridized carbons (Fsp3) is 0.0833. The van der Waals surface area contributed by atoms with Crippen molar-refractivity contribution in [1.29, 1.82) is 0 Å². The summed E-state index contributed by atoms with van der Waals surface area (Å²) in [6.45, 7) is 3.67. The van der Waals surface area contributed by atoms with Gasteiger partial charge in [0, 0.05) is 17.3 Å². The van der Waals surface area contributed by atoms with Crippen molar-refractivity contribution in [3.8, 4) is 0 Å². The van der Waals surface area contributed by atoms with Gasteiger partial charge in [0.25, 0.3) is 15.7 Å². The number of ketones is 2. The molecule has 0 heterocycles. The number of Topliss-reactive ketones (excluding diaryl/α,β-unsaturated/α-hetero) is 2. The molecule has 0 atom stereocenters. The average Bonchev–Trinajstić information content (AvgIpc) is 2.79. The number of benzene rings is 3. The van der Waals surface area contributed by atoms with E-state index in [1.807, 2.05) is 19.9 Å². The third kappa shape index (κ3) is 4.18. The summed E-state index contributed by atoms with van der Waals surface area (Å²) in [6, 6.07) is 16.3. The molecule has 3 aromatic carbocycles. The molecule has 0 saturated heterocycles. The lowest BCUT2D eigenvalue weighted by Gasteiger charge is -2.23. The zero-order chi connectivity index (χ0) is 24.6. The number of nitrogens with zero attached hydrogens (tertiary/aromatic N) is 1. The van der Waals surface area contributed by atoms with Crippen LogP contribution >= 0.6 is 0 Å². The first-order chi connectivity index (χ1) is 16.1. The molecule has 0 spiro atoms. The second kappa shape index (κ2) is 8.56. The van der Waals surface area contributed by atoms with Crippen molar-refractivity contribution in [3.63, 3.8) is 0 Å². The summed E-state index contributed by atoms with van der Waals surface area (Å²) in [6.07, 6.45) is 0. The number of rotatable bonds is 6. The molecule has 34 heavy (non-hydrogen) atoms. The van der Waals surface area contributed by atoms with Gasteiger partial charge >= 0.3 is 0 Å². The molecular weight excluding hydrogens is 458 g/mol. The predicted octanol–water partition coefficient (Wildman–Crippen LogP) is 3.89. The van der Waals surface area contributed by atoms with Crippen LogP contribution in [0.5, 0.6) is 0 Å². The summed E-state index contributed by atoms with van der Waals surface area (Å²) < 4.78 is 28.2. The normalized spacial score (nSPS) is 13.5. The summed E-state index contributed by atoms with van der Waals surface area (Å²) in [4.78, 5) is 37.6. The van der Waals surface area contributed by atoms with Gasteiger partial charge in [0.1, 0.15) is 17.0 Å². The predicted molar refractivity (Wildman–Crippen MR) is 125 cm³/mol. The van der Waals surface area contributed by atoms with Crippen molar-refractivity contribution in [3.05, 3.63) is 110 Å². The Morgan fingerprint density at radius 1 is 0.824 bits per heavy atom. The largest absolute Gasteiger partial charge is 0.350 e. The number of hydrogen-bond donors (Lipinski definition) is 2. The quantitative estimate of drug-likeness (QED) is 0.406. The number of nitro benzene ring substituents is 1. The molecule has 0 bridgehead atoms. The molecule has 0 saturated carbocycles. The topological polar surface area (TPSA) is 135 Å². The Morgan fingerprint density at radius 2 is 1.47 bits per heavy atom. The number of nitrogens with one attached hydrogen (secondary N) is 2. The number of aryl methyl sites for hydroxylation is 2. The fourth-order valence-electron chi connectivity index (χ4n) is 3.81. The fourth-order valence-corrected chi connectivity index (χ4v) is 4.90. The lowest BCUT2D eigenvalue weighted by Crippen LogP contribution is -2.36. The zero-order valence-electron chi connectivity index (χ0n) is 18.2. The maximum absolute atomic E-state index is 13.5. The minimum atomic E-state index is -4.24. The van der Waals surface area contributed by atoms with E-state index >= 15 is 0 Å². The minimum absolute atomic E-state index is 0.113. The SMILES string of the molecule is Cc1cc(C)cc(NC2=C(NS(=O)(=O)c3ccccc3)C(=O)c3cccc([N+](=O)[O-])c3C2=O)c1. The van der Waals surface area contributed by atoms with Gasteiger partial charge in [-0.1, -0.05) is 30.3 Å². The Hall–Kier alpha value is -4.31. The second-order valence-electron chi connectivity index (χ2n) is 7.78. The molecule has 10 heteroatoms.